The molecule has 7 heteroatoms. The van der Waals surface area contributed by atoms with Crippen LogP contribution in [0, 0.1) is 5.82 Å². The summed E-state index contributed by atoms with van der Waals surface area (Å²) in [4.78, 5) is 27.7. The third-order valence-corrected chi connectivity index (χ3v) is 4.63. The van der Waals surface area contributed by atoms with Crippen molar-refractivity contribution in [3.8, 4) is 0 Å². The summed E-state index contributed by atoms with van der Waals surface area (Å²) in [6, 6.07) is 10.4. The first kappa shape index (κ1) is 18.8. The number of nitrogens with one attached hydrogen (secondary N) is 2. The zero-order valence-corrected chi connectivity index (χ0v) is 14.6. The van der Waals surface area contributed by atoms with E-state index < -0.39 is 22.6 Å². The molecule has 0 fully saturated rings. The summed E-state index contributed by atoms with van der Waals surface area (Å²) in [7, 11) is 0. The van der Waals surface area contributed by atoms with E-state index in [-0.39, 0.29) is 24.2 Å². The van der Waals surface area contributed by atoms with E-state index in [4.69, 9.17) is 0 Å². The van der Waals surface area contributed by atoms with Crippen molar-refractivity contribution in [1.82, 2.24) is 4.98 Å². The molecule has 1 aromatic heterocycles. The Hall–Kier alpha value is -3.03. The van der Waals surface area contributed by atoms with Gasteiger partial charge in [0.05, 0.1) is 13.2 Å². The van der Waals surface area contributed by atoms with Gasteiger partial charge in [-0.1, -0.05) is 19.1 Å². The van der Waals surface area contributed by atoms with E-state index in [1.54, 1.807) is 31.2 Å². The van der Waals surface area contributed by atoms with Crippen LogP contribution in [0.25, 0.3) is 10.9 Å². The fraction of sp³-hybridized carbons (Fsp3) is 0.200. The summed E-state index contributed by atoms with van der Waals surface area (Å²) in [6.45, 7) is 1.27. The van der Waals surface area contributed by atoms with Crippen LogP contribution in [0.3, 0.4) is 0 Å². The second-order valence-electron chi connectivity index (χ2n) is 6.63. The number of fused-ring (bicyclic) bond motifs is 1. The Labute approximate surface area is 154 Å². The number of aromatic amines is 1. The highest BCUT2D eigenvalue weighted by Gasteiger charge is 2.24. The number of carbonyl (C=O) groups is 1. The zero-order valence-electron chi connectivity index (χ0n) is 14.6. The number of anilines is 1. The molecule has 0 saturated carbocycles. The number of aliphatic hydroxyl groups excluding tert-OH is 2. The largest absolute Gasteiger partial charge is 0.395 e. The molecule has 1 amide bonds. The number of benzene rings is 2. The van der Waals surface area contributed by atoms with Crippen LogP contribution in [0.15, 0.2) is 53.5 Å². The number of hydrogen-bond donors (Lipinski definition) is 4. The third kappa shape index (κ3) is 3.60. The van der Waals surface area contributed by atoms with Crippen LogP contribution >= 0.6 is 0 Å². The van der Waals surface area contributed by atoms with E-state index in [0.29, 0.717) is 16.8 Å². The summed E-state index contributed by atoms with van der Waals surface area (Å²) in [5.41, 5.74) is 0.111. The van der Waals surface area contributed by atoms with Gasteiger partial charge in [0.15, 0.2) is 0 Å². The predicted octanol–water partition coefficient (Wildman–Crippen LogP) is 2.16. The van der Waals surface area contributed by atoms with Gasteiger partial charge >= 0.3 is 0 Å². The summed E-state index contributed by atoms with van der Waals surface area (Å²) < 4.78 is 13.4. The molecule has 2 aromatic carbocycles. The predicted molar refractivity (Wildman–Crippen MR) is 100 cm³/mol. The smallest absolute Gasteiger partial charge is 0.261 e. The molecule has 3 aromatic rings. The number of aromatic nitrogens is 1. The lowest BCUT2D eigenvalue weighted by atomic mass is 9.84. The van der Waals surface area contributed by atoms with Crippen LogP contribution < -0.4 is 10.7 Å². The summed E-state index contributed by atoms with van der Waals surface area (Å²) in [5, 5.41) is 21.6. The van der Waals surface area contributed by atoms with Gasteiger partial charge in [-0.15, -0.1) is 0 Å². The van der Waals surface area contributed by atoms with Crippen LogP contribution in [0.4, 0.5) is 10.1 Å². The molecule has 0 saturated heterocycles. The molecule has 27 heavy (non-hydrogen) atoms. The Kier molecular flexibility index (Phi) is 5.07. The Morgan fingerprint density at radius 1 is 1.15 bits per heavy atom. The summed E-state index contributed by atoms with van der Waals surface area (Å²) in [5.74, 6) is -1.18. The standard InChI is InChI=1S/C20H19FN2O4/c1-20(10-24,11-25)12-2-5-14(6-3-12)23-19(27)16-9-22-17-7-4-13(21)8-15(17)18(16)26/h2-9,24-25H,10-11H2,1H3,(H,22,26)(H,23,27). The summed E-state index contributed by atoms with van der Waals surface area (Å²) in [6.07, 6.45) is 1.29. The number of halogens is 1. The normalized spacial score (nSPS) is 11.6. The van der Waals surface area contributed by atoms with E-state index in [1.807, 2.05) is 0 Å². The lowest BCUT2D eigenvalue weighted by molar-refractivity contribution is 0.102. The number of rotatable bonds is 5. The molecule has 3 rings (SSSR count). The third-order valence-electron chi connectivity index (χ3n) is 4.63. The van der Waals surface area contributed by atoms with Crippen LogP contribution in [0.1, 0.15) is 22.8 Å². The van der Waals surface area contributed by atoms with Crippen LogP contribution in [0.5, 0.6) is 0 Å². The van der Waals surface area contributed by atoms with E-state index in [9.17, 15) is 24.2 Å². The highest BCUT2D eigenvalue weighted by atomic mass is 19.1. The minimum atomic E-state index is -0.790. The lowest BCUT2D eigenvalue weighted by Crippen LogP contribution is -2.31. The molecule has 0 unspecified atom stereocenters. The van der Waals surface area contributed by atoms with E-state index in [2.05, 4.69) is 10.3 Å². The molecule has 140 valence electrons. The maximum Gasteiger partial charge on any atom is 0.261 e. The zero-order chi connectivity index (χ0) is 19.6. The van der Waals surface area contributed by atoms with Crippen molar-refractivity contribution in [1.29, 1.82) is 0 Å². The maximum atomic E-state index is 13.4. The van der Waals surface area contributed by atoms with Gasteiger partial charge in [-0.3, -0.25) is 9.59 Å². The number of H-pyrrole nitrogens is 1. The average molecular weight is 370 g/mol. The Bertz CT molecular complexity index is 1040. The Morgan fingerprint density at radius 2 is 1.81 bits per heavy atom. The van der Waals surface area contributed by atoms with Crippen molar-refractivity contribution in [2.24, 2.45) is 0 Å². The molecule has 0 aliphatic rings. The Balaban J connectivity index is 1.87. The maximum absolute atomic E-state index is 13.4. The Morgan fingerprint density at radius 3 is 2.44 bits per heavy atom. The number of pyridine rings is 1. The van der Waals surface area contributed by atoms with Crippen LogP contribution in [-0.2, 0) is 5.41 Å². The van der Waals surface area contributed by atoms with E-state index in [1.165, 1.54) is 18.3 Å². The van der Waals surface area contributed by atoms with Crippen molar-refractivity contribution in [3.63, 3.8) is 0 Å². The molecule has 6 nitrogen and oxygen atoms in total. The summed E-state index contributed by atoms with van der Waals surface area (Å²) >= 11 is 0. The van der Waals surface area contributed by atoms with Crippen molar-refractivity contribution in [3.05, 3.63) is 75.8 Å². The second-order valence-corrected chi connectivity index (χ2v) is 6.63. The van der Waals surface area contributed by atoms with Crippen molar-refractivity contribution < 1.29 is 19.4 Å². The SMILES string of the molecule is CC(CO)(CO)c1ccc(NC(=O)c2c[nH]c3ccc(F)cc3c2=O)cc1. The minimum Gasteiger partial charge on any atom is -0.395 e. The highest BCUT2D eigenvalue weighted by Crippen LogP contribution is 2.24. The number of hydrogen-bond acceptors (Lipinski definition) is 4. The van der Waals surface area contributed by atoms with Gasteiger partial charge in [-0.05, 0) is 35.9 Å². The minimum absolute atomic E-state index is 0.0969. The van der Waals surface area contributed by atoms with Gasteiger partial charge in [0.25, 0.3) is 5.91 Å². The monoisotopic (exact) mass is 370 g/mol. The molecule has 0 aliphatic carbocycles. The average Bonchev–Trinajstić information content (AvgIpc) is 2.68. The first-order chi connectivity index (χ1) is 12.9. The number of aliphatic hydroxyl groups is 2. The van der Waals surface area contributed by atoms with E-state index in [0.717, 1.165) is 6.07 Å². The fourth-order valence-electron chi connectivity index (χ4n) is 2.75. The van der Waals surface area contributed by atoms with Gasteiger partial charge in [-0.25, -0.2) is 4.39 Å². The van der Waals surface area contributed by atoms with Crippen molar-refractivity contribution in [2.45, 2.75) is 12.3 Å². The lowest BCUT2D eigenvalue weighted by Gasteiger charge is -2.25. The fourth-order valence-corrected chi connectivity index (χ4v) is 2.75. The molecular formula is C20H19FN2O4. The number of amides is 1. The first-order valence-electron chi connectivity index (χ1n) is 8.32. The van der Waals surface area contributed by atoms with Gasteiger partial charge in [0, 0.05) is 28.2 Å². The molecule has 0 atom stereocenters. The van der Waals surface area contributed by atoms with E-state index >= 15 is 0 Å². The molecule has 0 spiro atoms. The topological polar surface area (TPSA) is 102 Å². The van der Waals surface area contributed by atoms with Gasteiger partial charge in [-0.2, -0.15) is 0 Å². The number of carbonyl (C=O) groups excluding carboxylic acids is 1. The molecule has 0 bridgehead atoms. The molecule has 1 heterocycles. The highest BCUT2D eigenvalue weighted by molar-refractivity contribution is 6.05. The van der Waals surface area contributed by atoms with Gasteiger partial charge < -0.3 is 20.5 Å². The molecular weight excluding hydrogens is 351 g/mol. The van der Waals surface area contributed by atoms with Gasteiger partial charge in [0.2, 0.25) is 5.43 Å². The molecule has 0 radical (unpaired) electrons. The first-order valence-corrected chi connectivity index (χ1v) is 8.32. The van der Waals surface area contributed by atoms with Crippen molar-refractivity contribution in [2.75, 3.05) is 18.5 Å². The second kappa shape index (κ2) is 7.30. The van der Waals surface area contributed by atoms with Gasteiger partial charge in [0.1, 0.15) is 11.4 Å². The quantitative estimate of drug-likeness (QED) is 0.553. The molecule has 4 N–H and O–H groups in total. The van der Waals surface area contributed by atoms with Crippen molar-refractivity contribution >= 4 is 22.5 Å². The van der Waals surface area contributed by atoms with Crippen LogP contribution in [0.2, 0.25) is 0 Å². The molecule has 0 aliphatic heterocycles. The van der Waals surface area contributed by atoms with Crippen LogP contribution in [-0.4, -0.2) is 34.3 Å².